The van der Waals surface area contributed by atoms with E-state index in [2.05, 4.69) is 32.6 Å². The number of carbonyl (C=O) groups is 3. The maximum absolute atomic E-state index is 13.6. The van der Waals surface area contributed by atoms with Crippen LogP contribution in [0.1, 0.15) is 227 Å². The quantitative estimate of drug-likeness (QED) is 0.0451. The van der Waals surface area contributed by atoms with Crippen molar-refractivity contribution < 1.29 is 37.0 Å². The minimum atomic E-state index is -4.28. The molecule has 0 saturated heterocycles. The summed E-state index contributed by atoms with van der Waals surface area (Å²) >= 11 is 0. The molecule has 0 fully saturated rings. The van der Waals surface area contributed by atoms with Gasteiger partial charge in [0.25, 0.3) is 0 Å². The van der Waals surface area contributed by atoms with Gasteiger partial charge in [0.05, 0.1) is 13.2 Å². The molecule has 7 nitrogen and oxygen atoms in total. The number of halogens is 3. The zero-order chi connectivity index (χ0) is 43.3. The van der Waals surface area contributed by atoms with E-state index in [1.807, 2.05) is 19.0 Å². The number of carbonyl (C=O) groups excluding carboxylic acids is 3. The van der Waals surface area contributed by atoms with Crippen LogP contribution in [0.15, 0.2) is 0 Å². The average molecular weight is 833 g/mol. The maximum Gasteiger partial charge on any atom is 0.389 e. The number of ether oxygens (including phenoxy) is 2. The van der Waals surface area contributed by atoms with Crippen molar-refractivity contribution in [1.29, 1.82) is 0 Å². The van der Waals surface area contributed by atoms with Crippen LogP contribution in [-0.4, -0.2) is 80.3 Å². The summed E-state index contributed by atoms with van der Waals surface area (Å²) in [5.41, 5.74) is 0. The second-order valence-electron chi connectivity index (χ2n) is 17.5. The first-order chi connectivity index (χ1) is 27.9. The Morgan fingerprint density at radius 1 is 0.483 bits per heavy atom. The van der Waals surface area contributed by atoms with Gasteiger partial charge in [-0.3, -0.25) is 14.4 Å². The Morgan fingerprint density at radius 3 is 1.33 bits per heavy atom. The topological polar surface area (TPSA) is 76.2 Å². The minimum Gasteiger partial charge on any atom is -0.465 e. The van der Waals surface area contributed by atoms with Crippen LogP contribution in [-0.2, 0) is 23.9 Å². The van der Waals surface area contributed by atoms with Gasteiger partial charge in [-0.05, 0) is 103 Å². The molecule has 344 valence electrons. The van der Waals surface area contributed by atoms with Crippen LogP contribution in [0.25, 0.3) is 0 Å². The van der Waals surface area contributed by atoms with Gasteiger partial charge >= 0.3 is 18.1 Å². The smallest absolute Gasteiger partial charge is 0.389 e. The SMILES string of the molecule is CCCCCCC(CCCC)COC(=O)CCCCCC(CCCCCC(=O)OCC(CCCC)CCCCCC)N(CCCCN(C)C)C(=O)CCCC(F)(F)F. The highest BCUT2D eigenvalue weighted by molar-refractivity contribution is 5.76. The molecule has 0 N–H and O–H groups in total. The van der Waals surface area contributed by atoms with Crippen LogP contribution in [0.2, 0.25) is 0 Å². The van der Waals surface area contributed by atoms with Gasteiger partial charge in [0, 0.05) is 38.3 Å². The van der Waals surface area contributed by atoms with E-state index in [1.165, 1.54) is 51.4 Å². The highest BCUT2D eigenvalue weighted by atomic mass is 19.4. The lowest BCUT2D eigenvalue weighted by molar-refractivity contribution is -0.146. The summed E-state index contributed by atoms with van der Waals surface area (Å²) in [6.45, 7) is 11.2. The Labute approximate surface area is 355 Å². The van der Waals surface area contributed by atoms with E-state index in [9.17, 15) is 27.6 Å². The molecule has 0 bridgehead atoms. The molecule has 2 atom stereocenters. The predicted octanol–water partition coefficient (Wildman–Crippen LogP) is 13.8. The Bertz CT molecular complexity index is 929. The number of amides is 1. The Hall–Kier alpha value is -1.84. The Morgan fingerprint density at radius 2 is 0.897 bits per heavy atom. The van der Waals surface area contributed by atoms with Crippen molar-refractivity contribution in [1.82, 2.24) is 9.80 Å². The number of alkyl halides is 3. The van der Waals surface area contributed by atoms with E-state index in [1.54, 1.807) is 0 Å². The van der Waals surface area contributed by atoms with E-state index in [0.29, 0.717) is 57.3 Å². The normalized spacial score (nSPS) is 13.4. The number of nitrogens with zero attached hydrogens (tertiary/aromatic N) is 2. The molecule has 0 aliphatic heterocycles. The van der Waals surface area contributed by atoms with E-state index in [-0.39, 0.29) is 36.7 Å². The molecule has 0 aromatic rings. The maximum atomic E-state index is 13.6. The van der Waals surface area contributed by atoms with Gasteiger partial charge in [-0.2, -0.15) is 13.2 Å². The van der Waals surface area contributed by atoms with Crippen molar-refractivity contribution in [2.45, 2.75) is 239 Å². The summed E-state index contributed by atoms with van der Waals surface area (Å²) in [5, 5.41) is 0. The number of hydrogen-bond acceptors (Lipinski definition) is 6. The first kappa shape index (κ1) is 56.2. The van der Waals surface area contributed by atoms with Crippen LogP contribution < -0.4 is 0 Å². The zero-order valence-electron chi connectivity index (χ0n) is 38.6. The summed E-state index contributed by atoms with van der Waals surface area (Å²) in [6.07, 6.45) is 21.8. The molecular weight excluding hydrogens is 742 g/mol. The van der Waals surface area contributed by atoms with Crippen LogP contribution >= 0.6 is 0 Å². The summed E-state index contributed by atoms with van der Waals surface area (Å²) < 4.78 is 50.5. The van der Waals surface area contributed by atoms with Crippen molar-refractivity contribution in [2.75, 3.05) is 40.4 Å². The molecule has 0 saturated carbocycles. The number of esters is 2. The summed E-state index contributed by atoms with van der Waals surface area (Å²) in [6, 6.07) is -0.0873. The van der Waals surface area contributed by atoms with Gasteiger partial charge in [-0.25, -0.2) is 0 Å². The number of hydrogen-bond donors (Lipinski definition) is 0. The second kappa shape index (κ2) is 38.1. The van der Waals surface area contributed by atoms with Crippen LogP contribution in [0.5, 0.6) is 0 Å². The monoisotopic (exact) mass is 833 g/mol. The number of rotatable bonds is 41. The molecule has 0 aromatic heterocycles. The van der Waals surface area contributed by atoms with Gasteiger partial charge < -0.3 is 19.3 Å². The van der Waals surface area contributed by atoms with E-state index >= 15 is 0 Å². The van der Waals surface area contributed by atoms with E-state index in [0.717, 1.165) is 109 Å². The van der Waals surface area contributed by atoms with Crippen LogP contribution in [0.3, 0.4) is 0 Å². The van der Waals surface area contributed by atoms with Gasteiger partial charge in [0.1, 0.15) is 0 Å². The first-order valence-corrected chi connectivity index (χ1v) is 24.2. The molecule has 2 unspecified atom stereocenters. The van der Waals surface area contributed by atoms with Crippen LogP contribution in [0.4, 0.5) is 13.2 Å². The standard InChI is InChI=1S/C48H91F3N2O5/c1-7-11-15-19-30-42(28-13-9-3)40-57-46(55)35-23-17-21-32-44(53(39-26-25-38-52(5)6)45(54)34-27-37-48(49,50)51)33-22-18-24-36-47(56)58-41-43(29-14-10-4)31-20-16-12-8-2/h42-44H,7-41H2,1-6H3. The molecule has 0 aliphatic rings. The lowest BCUT2D eigenvalue weighted by Gasteiger charge is -2.33. The molecule has 0 rings (SSSR count). The minimum absolute atomic E-state index is 0.0873. The van der Waals surface area contributed by atoms with Gasteiger partial charge in [-0.15, -0.1) is 0 Å². The third kappa shape index (κ3) is 35.0. The molecule has 0 heterocycles. The summed E-state index contributed by atoms with van der Waals surface area (Å²) in [5.74, 6) is 0.368. The third-order valence-corrected chi connectivity index (χ3v) is 11.5. The largest absolute Gasteiger partial charge is 0.465 e. The molecule has 0 aromatic carbocycles. The fourth-order valence-corrected chi connectivity index (χ4v) is 7.81. The van der Waals surface area contributed by atoms with Crippen molar-refractivity contribution in [2.24, 2.45) is 11.8 Å². The second-order valence-corrected chi connectivity index (χ2v) is 17.5. The molecule has 1 amide bonds. The third-order valence-electron chi connectivity index (χ3n) is 11.5. The zero-order valence-corrected chi connectivity index (χ0v) is 38.6. The van der Waals surface area contributed by atoms with Gasteiger partial charge in [0.15, 0.2) is 0 Å². The molecule has 58 heavy (non-hydrogen) atoms. The van der Waals surface area contributed by atoms with Gasteiger partial charge in [0.2, 0.25) is 5.91 Å². The molecule has 0 spiro atoms. The van der Waals surface area contributed by atoms with Crippen molar-refractivity contribution in [3.05, 3.63) is 0 Å². The Kier molecular flexibility index (Phi) is 36.9. The lowest BCUT2D eigenvalue weighted by Crippen LogP contribution is -2.41. The fourth-order valence-electron chi connectivity index (χ4n) is 7.81. The highest BCUT2D eigenvalue weighted by Crippen LogP contribution is 2.25. The van der Waals surface area contributed by atoms with Gasteiger partial charge in [-0.1, -0.05) is 130 Å². The lowest BCUT2D eigenvalue weighted by atomic mass is 9.96. The van der Waals surface area contributed by atoms with Crippen molar-refractivity contribution in [3.63, 3.8) is 0 Å². The molecule has 10 heteroatoms. The van der Waals surface area contributed by atoms with Crippen LogP contribution in [0, 0.1) is 11.8 Å². The Balaban J connectivity index is 5.31. The molecule has 0 aliphatic carbocycles. The van der Waals surface area contributed by atoms with Crippen molar-refractivity contribution >= 4 is 17.8 Å². The summed E-state index contributed by atoms with van der Waals surface area (Å²) in [4.78, 5) is 42.9. The molecule has 0 radical (unpaired) electrons. The average Bonchev–Trinajstić information content (AvgIpc) is 3.18. The summed E-state index contributed by atoms with van der Waals surface area (Å²) in [7, 11) is 4.01. The first-order valence-electron chi connectivity index (χ1n) is 24.2. The number of unbranched alkanes of at least 4 members (excludes halogenated alkanes) is 13. The van der Waals surface area contributed by atoms with E-state index < -0.39 is 12.6 Å². The highest BCUT2D eigenvalue weighted by Gasteiger charge is 2.28. The van der Waals surface area contributed by atoms with E-state index in [4.69, 9.17) is 9.47 Å². The molecular formula is C48H91F3N2O5. The fraction of sp³-hybridized carbons (Fsp3) is 0.938. The van der Waals surface area contributed by atoms with Crippen molar-refractivity contribution in [3.8, 4) is 0 Å². The predicted molar refractivity (Wildman–Crippen MR) is 235 cm³/mol.